The topological polar surface area (TPSA) is 97.4 Å². The summed E-state index contributed by atoms with van der Waals surface area (Å²) in [6, 6.07) is 8.58. The Morgan fingerprint density at radius 2 is 1.91 bits per heavy atom. The molecule has 4 N–H and O–H groups in total. The quantitative estimate of drug-likeness (QED) is 0.317. The van der Waals surface area contributed by atoms with Gasteiger partial charge in [-0.15, -0.1) is 11.3 Å². The van der Waals surface area contributed by atoms with Gasteiger partial charge >= 0.3 is 0 Å². The van der Waals surface area contributed by atoms with Crippen molar-refractivity contribution in [1.82, 2.24) is 5.32 Å². The Hall–Kier alpha value is -2.65. The number of nitrogens with one attached hydrogen (secondary N) is 2. The molecule has 3 aromatic rings. The predicted octanol–water partition coefficient (Wildman–Crippen LogP) is 5.43. The Morgan fingerprint density at radius 1 is 1.16 bits per heavy atom. The molecular weight excluding hydrogens is 489 g/mol. The Bertz CT molecular complexity index is 1240. The van der Waals surface area contributed by atoms with E-state index < -0.39 is 11.8 Å². The van der Waals surface area contributed by atoms with Gasteiger partial charge in [-0.25, -0.2) is 0 Å². The van der Waals surface area contributed by atoms with Gasteiger partial charge in [-0.1, -0.05) is 23.2 Å². The van der Waals surface area contributed by atoms with Gasteiger partial charge in [0.05, 0.1) is 5.56 Å². The molecule has 0 fully saturated rings. The Balaban J connectivity index is 1.39. The van der Waals surface area contributed by atoms with Gasteiger partial charge in [0.2, 0.25) is 5.91 Å². The van der Waals surface area contributed by atoms with Crippen LogP contribution in [-0.4, -0.2) is 16.9 Å². The molecule has 164 valence electrons. The van der Waals surface area contributed by atoms with Gasteiger partial charge in [-0.2, -0.15) is 0 Å². The summed E-state index contributed by atoms with van der Waals surface area (Å²) in [5.41, 5.74) is 7.71. The highest BCUT2D eigenvalue weighted by Gasteiger charge is 2.25. The number of halogens is 2. The lowest BCUT2D eigenvalue weighted by atomic mass is 10.1. The summed E-state index contributed by atoms with van der Waals surface area (Å²) in [6.45, 7) is 0. The molecule has 0 unspecified atom stereocenters. The van der Waals surface area contributed by atoms with Crippen molar-refractivity contribution in [2.24, 2.45) is 5.73 Å². The van der Waals surface area contributed by atoms with Crippen molar-refractivity contribution >= 4 is 74.8 Å². The van der Waals surface area contributed by atoms with Gasteiger partial charge in [-0.3, -0.25) is 14.9 Å². The van der Waals surface area contributed by atoms with Gasteiger partial charge in [0.25, 0.3) is 5.91 Å². The molecule has 32 heavy (non-hydrogen) atoms. The lowest BCUT2D eigenvalue weighted by molar-refractivity contribution is -0.115. The van der Waals surface area contributed by atoms with Crippen LogP contribution in [0.25, 0.3) is 17.4 Å². The summed E-state index contributed by atoms with van der Waals surface area (Å²) in [5, 5.41) is 7.11. The predicted molar refractivity (Wildman–Crippen MR) is 132 cm³/mol. The van der Waals surface area contributed by atoms with Crippen LogP contribution in [0.4, 0.5) is 5.00 Å². The number of hydrogen-bond donors (Lipinski definition) is 3. The van der Waals surface area contributed by atoms with E-state index in [0.29, 0.717) is 32.1 Å². The number of hydrogen-bond acceptors (Lipinski definition) is 5. The second-order valence-electron chi connectivity index (χ2n) is 7.06. The fraction of sp³-hybridized carbons (Fsp3) is 0.136. The second kappa shape index (κ2) is 9.46. The molecule has 1 aliphatic carbocycles. The van der Waals surface area contributed by atoms with Gasteiger partial charge in [0, 0.05) is 26.6 Å². The van der Waals surface area contributed by atoms with Crippen LogP contribution >= 0.6 is 46.8 Å². The van der Waals surface area contributed by atoms with Crippen molar-refractivity contribution in [3.05, 3.63) is 68.2 Å². The zero-order valence-corrected chi connectivity index (χ0v) is 19.7. The summed E-state index contributed by atoms with van der Waals surface area (Å²) in [6.07, 6.45) is 5.55. The van der Waals surface area contributed by atoms with Crippen LogP contribution in [0.2, 0.25) is 10.0 Å². The Morgan fingerprint density at radius 3 is 2.62 bits per heavy atom. The molecule has 4 rings (SSSR count). The van der Waals surface area contributed by atoms with Crippen LogP contribution in [0.15, 0.2) is 40.8 Å². The van der Waals surface area contributed by atoms with Crippen molar-refractivity contribution in [3.63, 3.8) is 0 Å². The van der Waals surface area contributed by atoms with Gasteiger partial charge in [-0.05, 0) is 73.5 Å². The van der Waals surface area contributed by atoms with E-state index in [0.717, 1.165) is 35.3 Å². The van der Waals surface area contributed by atoms with Crippen molar-refractivity contribution in [3.8, 4) is 11.3 Å². The Labute approximate surface area is 203 Å². The van der Waals surface area contributed by atoms with E-state index in [1.165, 1.54) is 23.5 Å². The number of primary amides is 1. The summed E-state index contributed by atoms with van der Waals surface area (Å²) >= 11 is 18.7. The monoisotopic (exact) mass is 505 g/mol. The van der Waals surface area contributed by atoms with Gasteiger partial charge in [0.1, 0.15) is 16.5 Å². The fourth-order valence-corrected chi connectivity index (χ4v) is 5.58. The largest absolute Gasteiger partial charge is 0.457 e. The maximum Gasteiger partial charge on any atom is 0.251 e. The zero-order chi connectivity index (χ0) is 22.8. The molecule has 1 aliphatic rings. The first-order valence-corrected chi connectivity index (χ1v) is 11.6. The Kier molecular flexibility index (Phi) is 6.66. The number of furan rings is 1. The molecule has 0 spiro atoms. The average molecular weight is 506 g/mol. The van der Waals surface area contributed by atoms with Crippen molar-refractivity contribution in [2.45, 2.75) is 19.3 Å². The number of carbonyl (C=O) groups excluding carboxylic acids is 2. The summed E-state index contributed by atoms with van der Waals surface area (Å²) in [7, 11) is 0. The normalized spacial score (nSPS) is 12.7. The molecule has 1 aromatic carbocycles. The number of nitrogens with two attached hydrogens (primary N) is 1. The van der Waals surface area contributed by atoms with E-state index >= 15 is 0 Å². The van der Waals surface area contributed by atoms with E-state index in [1.54, 1.807) is 30.3 Å². The lowest BCUT2D eigenvalue weighted by Crippen LogP contribution is -2.33. The van der Waals surface area contributed by atoms with E-state index in [4.69, 9.17) is 45.6 Å². The van der Waals surface area contributed by atoms with Crippen LogP contribution in [0.1, 0.15) is 33.0 Å². The maximum absolute atomic E-state index is 12.3. The fourth-order valence-electron chi connectivity index (χ4n) is 3.49. The molecule has 0 radical (unpaired) electrons. The molecule has 0 bridgehead atoms. The summed E-state index contributed by atoms with van der Waals surface area (Å²) in [5.74, 6) is 0.0821. The smallest absolute Gasteiger partial charge is 0.251 e. The molecule has 2 aromatic heterocycles. The minimum Gasteiger partial charge on any atom is -0.457 e. The number of fused-ring (bicyclic) bond motifs is 1. The molecule has 10 heteroatoms. The highest BCUT2D eigenvalue weighted by molar-refractivity contribution is 7.80. The van der Waals surface area contributed by atoms with E-state index in [9.17, 15) is 9.59 Å². The number of thiocarbonyl (C=S) groups is 1. The third-order valence-electron chi connectivity index (χ3n) is 4.80. The highest BCUT2D eigenvalue weighted by atomic mass is 35.5. The maximum atomic E-state index is 12.3. The summed E-state index contributed by atoms with van der Waals surface area (Å²) in [4.78, 5) is 25.3. The third-order valence-corrected chi connectivity index (χ3v) is 6.65. The number of anilines is 1. The molecular formula is C22H17Cl2N3O3S2. The standard InChI is InChI=1S/C22H17Cl2N3O3S2/c23-12-8-11(9-13(24)10-12)16-6-4-14(30-16)5-7-18(28)26-22(31)27-21-19(20(25)29)15-2-1-3-17(15)32-21/h4-10H,1-3H2,(H2,25,29)(H2,26,27,28,31)/b7-5+. The first-order valence-electron chi connectivity index (χ1n) is 9.61. The lowest BCUT2D eigenvalue weighted by Gasteiger charge is -2.08. The molecule has 0 saturated heterocycles. The molecule has 6 nitrogen and oxygen atoms in total. The van der Waals surface area contributed by atoms with E-state index in [-0.39, 0.29) is 5.11 Å². The van der Waals surface area contributed by atoms with Crippen LogP contribution < -0.4 is 16.4 Å². The van der Waals surface area contributed by atoms with E-state index in [1.807, 2.05) is 0 Å². The number of carbonyl (C=O) groups is 2. The van der Waals surface area contributed by atoms with Crippen molar-refractivity contribution < 1.29 is 14.0 Å². The van der Waals surface area contributed by atoms with Crippen molar-refractivity contribution in [2.75, 3.05) is 5.32 Å². The first-order chi connectivity index (χ1) is 15.3. The third kappa shape index (κ3) is 5.05. The van der Waals surface area contributed by atoms with Crippen molar-refractivity contribution in [1.29, 1.82) is 0 Å². The number of aryl methyl sites for hydroxylation is 1. The first kappa shape index (κ1) is 22.5. The zero-order valence-electron chi connectivity index (χ0n) is 16.5. The summed E-state index contributed by atoms with van der Waals surface area (Å²) < 4.78 is 5.73. The number of amides is 2. The molecule has 2 amide bonds. The minimum absolute atomic E-state index is 0.0794. The highest BCUT2D eigenvalue weighted by Crippen LogP contribution is 2.38. The molecule has 0 aliphatic heterocycles. The van der Waals surface area contributed by atoms with Crippen LogP contribution in [-0.2, 0) is 17.6 Å². The molecule has 2 heterocycles. The minimum atomic E-state index is -0.504. The van der Waals surface area contributed by atoms with Crippen LogP contribution in [0, 0.1) is 0 Å². The number of thiophene rings is 1. The van der Waals surface area contributed by atoms with Crippen LogP contribution in [0.3, 0.4) is 0 Å². The number of benzene rings is 1. The SMILES string of the molecule is NC(=O)c1c(NC(=S)NC(=O)/C=C/c2ccc(-c3cc(Cl)cc(Cl)c3)o2)sc2c1CCC2. The second-order valence-corrected chi connectivity index (χ2v) is 9.45. The van der Waals surface area contributed by atoms with Gasteiger partial charge in [0.15, 0.2) is 5.11 Å². The molecule has 0 saturated carbocycles. The van der Waals surface area contributed by atoms with Crippen LogP contribution in [0.5, 0.6) is 0 Å². The molecule has 0 atom stereocenters. The number of rotatable bonds is 5. The average Bonchev–Trinajstić information content (AvgIpc) is 3.41. The van der Waals surface area contributed by atoms with E-state index in [2.05, 4.69) is 10.6 Å². The van der Waals surface area contributed by atoms with Gasteiger partial charge < -0.3 is 15.5 Å².